The lowest BCUT2D eigenvalue weighted by atomic mass is 10.1. The molecule has 2 N–H and O–H groups in total. The molecule has 1 aromatic carbocycles. The molecular formula is C14H15N3O2. The number of fused-ring (bicyclic) bond motifs is 3. The number of imidazole rings is 2. The van der Waals surface area contributed by atoms with Crippen molar-refractivity contribution in [3.63, 3.8) is 0 Å². The highest BCUT2D eigenvalue weighted by Crippen LogP contribution is 2.19. The molecular weight excluding hydrogens is 242 g/mol. The Morgan fingerprint density at radius 2 is 2.32 bits per heavy atom. The highest BCUT2D eigenvalue weighted by atomic mass is 16.4. The summed E-state index contributed by atoms with van der Waals surface area (Å²) in [4.78, 5) is 18.3. The lowest BCUT2D eigenvalue weighted by Crippen LogP contribution is -1.97. The van der Waals surface area contributed by atoms with E-state index in [0.29, 0.717) is 6.42 Å². The number of aromatic nitrogens is 3. The van der Waals surface area contributed by atoms with Crippen LogP contribution in [0, 0.1) is 0 Å². The molecule has 2 heterocycles. The number of carbonyl (C=O) groups is 1. The Balaban J connectivity index is 2.02. The van der Waals surface area contributed by atoms with E-state index in [2.05, 4.69) is 35.1 Å². The Labute approximate surface area is 109 Å². The van der Waals surface area contributed by atoms with Crippen LogP contribution in [0.25, 0.3) is 16.8 Å². The van der Waals surface area contributed by atoms with Crippen LogP contribution in [0.15, 0.2) is 24.4 Å². The van der Waals surface area contributed by atoms with Gasteiger partial charge < -0.3 is 10.1 Å². The number of aliphatic carboxylic acids is 1. The molecule has 0 atom stereocenters. The van der Waals surface area contributed by atoms with E-state index in [1.54, 1.807) is 0 Å². The maximum Gasteiger partial charge on any atom is 0.303 e. The van der Waals surface area contributed by atoms with Crippen LogP contribution in [-0.2, 0) is 17.6 Å². The molecule has 0 amide bonds. The molecule has 0 bridgehead atoms. The summed E-state index contributed by atoms with van der Waals surface area (Å²) in [5.41, 5.74) is 4.17. The second-order valence-electron chi connectivity index (χ2n) is 4.66. The van der Waals surface area contributed by atoms with Crippen molar-refractivity contribution in [3.8, 4) is 0 Å². The van der Waals surface area contributed by atoms with Crippen molar-refractivity contribution in [2.45, 2.75) is 26.2 Å². The fourth-order valence-corrected chi connectivity index (χ4v) is 2.28. The Kier molecular flexibility index (Phi) is 2.74. The van der Waals surface area contributed by atoms with Crippen molar-refractivity contribution < 1.29 is 9.90 Å². The third kappa shape index (κ3) is 2.07. The summed E-state index contributed by atoms with van der Waals surface area (Å²) in [5.74, 6) is -0.0201. The molecule has 2 aromatic heterocycles. The average molecular weight is 257 g/mol. The number of hydrogen-bond donors (Lipinski definition) is 2. The number of H-pyrrole nitrogens is 1. The zero-order chi connectivity index (χ0) is 13.4. The fraction of sp³-hybridized carbons (Fsp3) is 0.286. The van der Waals surface area contributed by atoms with Gasteiger partial charge >= 0.3 is 5.97 Å². The first-order chi connectivity index (χ1) is 9.17. The van der Waals surface area contributed by atoms with Gasteiger partial charge in [0.15, 0.2) is 0 Å². The van der Waals surface area contributed by atoms with E-state index in [1.165, 1.54) is 5.56 Å². The predicted molar refractivity (Wildman–Crippen MR) is 72.4 cm³/mol. The number of nitrogens with one attached hydrogen (secondary N) is 1. The number of aryl methyl sites for hydroxylation is 2. The van der Waals surface area contributed by atoms with E-state index < -0.39 is 5.97 Å². The van der Waals surface area contributed by atoms with Crippen LogP contribution in [-0.4, -0.2) is 25.4 Å². The first-order valence-corrected chi connectivity index (χ1v) is 6.37. The quantitative estimate of drug-likeness (QED) is 0.754. The van der Waals surface area contributed by atoms with Crippen molar-refractivity contribution in [3.05, 3.63) is 35.7 Å². The molecule has 5 nitrogen and oxygen atoms in total. The first kappa shape index (κ1) is 11.8. The van der Waals surface area contributed by atoms with Gasteiger partial charge in [-0.25, -0.2) is 4.98 Å². The summed E-state index contributed by atoms with van der Waals surface area (Å²) in [6.45, 7) is 2.12. The molecule has 0 aliphatic rings. The van der Waals surface area contributed by atoms with Gasteiger partial charge in [-0.05, 0) is 30.5 Å². The molecule has 19 heavy (non-hydrogen) atoms. The van der Waals surface area contributed by atoms with E-state index in [1.807, 2.05) is 10.6 Å². The van der Waals surface area contributed by atoms with Crippen LogP contribution in [0.2, 0.25) is 0 Å². The van der Waals surface area contributed by atoms with Gasteiger partial charge in [0, 0.05) is 11.9 Å². The lowest BCUT2D eigenvalue weighted by Gasteiger charge is -1.96. The molecule has 0 spiro atoms. The van der Waals surface area contributed by atoms with Crippen LogP contribution in [0.4, 0.5) is 0 Å². The standard InChI is InChI=1S/C14H15N3O2/c1-2-9-3-5-12-11(7-9)16-14-15-10(8-17(12)14)4-6-13(18)19/h3,5,7-8H,2,4,6H2,1H3,(H,15,16)(H,18,19). The maximum absolute atomic E-state index is 10.6. The third-order valence-electron chi connectivity index (χ3n) is 3.33. The van der Waals surface area contributed by atoms with Gasteiger partial charge in [-0.15, -0.1) is 0 Å². The Hall–Kier alpha value is -2.30. The lowest BCUT2D eigenvalue weighted by molar-refractivity contribution is -0.136. The van der Waals surface area contributed by atoms with Crippen molar-refractivity contribution in [2.24, 2.45) is 0 Å². The molecule has 0 radical (unpaired) electrons. The van der Waals surface area contributed by atoms with Gasteiger partial charge in [-0.3, -0.25) is 9.20 Å². The van der Waals surface area contributed by atoms with Crippen LogP contribution in [0.5, 0.6) is 0 Å². The van der Waals surface area contributed by atoms with Crippen molar-refractivity contribution >= 4 is 22.8 Å². The summed E-state index contributed by atoms with van der Waals surface area (Å²) in [6.07, 6.45) is 3.54. The Bertz CT molecular complexity index is 755. The van der Waals surface area contributed by atoms with Crippen LogP contribution >= 0.6 is 0 Å². The Morgan fingerprint density at radius 3 is 3.05 bits per heavy atom. The molecule has 0 saturated carbocycles. The van der Waals surface area contributed by atoms with Gasteiger partial charge in [0.1, 0.15) is 0 Å². The molecule has 3 rings (SSSR count). The number of nitrogens with zero attached hydrogens (tertiary/aromatic N) is 2. The molecule has 0 aliphatic carbocycles. The molecule has 0 fully saturated rings. The number of hydrogen-bond acceptors (Lipinski definition) is 2. The van der Waals surface area contributed by atoms with E-state index >= 15 is 0 Å². The molecule has 3 aromatic rings. The summed E-state index contributed by atoms with van der Waals surface area (Å²) in [7, 11) is 0. The third-order valence-corrected chi connectivity index (χ3v) is 3.33. The zero-order valence-corrected chi connectivity index (χ0v) is 10.7. The first-order valence-electron chi connectivity index (χ1n) is 6.37. The van der Waals surface area contributed by atoms with Crippen molar-refractivity contribution in [1.29, 1.82) is 0 Å². The molecule has 0 aliphatic heterocycles. The highest BCUT2D eigenvalue weighted by Gasteiger charge is 2.09. The van der Waals surface area contributed by atoms with E-state index in [4.69, 9.17) is 5.11 Å². The SMILES string of the molecule is CCc1ccc2c(c1)nc1[nH]c(CCC(=O)O)cn12. The maximum atomic E-state index is 10.6. The zero-order valence-electron chi connectivity index (χ0n) is 10.7. The summed E-state index contributed by atoms with van der Waals surface area (Å²) in [5, 5.41) is 8.69. The molecule has 98 valence electrons. The second kappa shape index (κ2) is 4.42. The smallest absolute Gasteiger partial charge is 0.303 e. The molecule has 5 heteroatoms. The minimum atomic E-state index is -0.787. The van der Waals surface area contributed by atoms with Crippen molar-refractivity contribution in [1.82, 2.24) is 14.4 Å². The predicted octanol–water partition coefficient (Wildman–Crippen LogP) is 2.40. The van der Waals surface area contributed by atoms with Crippen LogP contribution < -0.4 is 0 Å². The summed E-state index contributed by atoms with van der Waals surface area (Å²) < 4.78 is 1.98. The topological polar surface area (TPSA) is 70.4 Å². The second-order valence-corrected chi connectivity index (χ2v) is 4.66. The van der Waals surface area contributed by atoms with Crippen LogP contribution in [0.3, 0.4) is 0 Å². The minimum absolute atomic E-state index is 0.127. The Morgan fingerprint density at radius 1 is 1.47 bits per heavy atom. The monoisotopic (exact) mass is 257 g/mol. The van der Waals surface area contributed by atoms with Crippen LogP contribution in [0.1, 0.15) is 24.6 Å². The number of carboxylic acids is 1. The number of rotatable bonds is 4. The minimum Gasteiger partial charge on any atom is -0.481 e. The highest BCUT2D eigenvalue weighted by molar-refractivity contribution is 5.80. The molecule has 0 unspecified atom stereocenters. The van der Waals surface area contributed by atoms with Gasteiger partial charge in [-0.2, -0.15) is 0 Å². The molecule has 0 saturated heterocycles. The van der Waals surface area contributed by atoms with E-state index in [9.17, 15) is 4.79 Å². The normalized spacial score (nSPS) is 11.4. The van der Waals surface area contributed by atoms with E-state index in [0.717, 1.165) is 28.9 Å². The summed E-state index contributed by atoms with van der Waals surface area (Å²) in [6, 6.07) is 6.25. The van der Waals surface area contributed by atoms with Gasteiger partial charge in [0.05, 0.1) is 17.5 Å². The average Bonchev–Trinajstić information content (AvgIpc) is 2.92. The summed E-state index contributed by atoms with van der Waals surface area (Å²) >= 11 is 0. The van der Waals surface area contributed by atoms with Crippen molar-refractivity contribution in [2.75, 3.05) is 0 Å². The van der Waals surface area contributed by atoms with Gasteiger partial charge in [0.2, 0.25) is 5.78 Å². The number of benzene rings is 1. The number of aromatic amines is 1. The van der Waals surface area contributed by atoms with Gasteiger partial charge in [-0.1, -0.05) is 13.0 Å². The number of carboxylic acid groups (broad SMARTS) is 1. The fourth-order valence-electron chi connectivity index (χ4n) is 2.28. The largest absolute Gasteiger partial charge is 0.481 e. The van der Waals surface area contributed by atoms with E-state index in [-0.39, 0.29) is 6.42 Å². The van der Waals surface area contributed by atoms with Gasteiger partial charge in [0.25, 0.3) is 0 Å².